The van der Waals surface area contributed by atoms with Crippen molar-refractivity contribution < 1.29 is 0 Å². The van der Waals surface area contributed by atoms with Gasteiger partial charge in [0.05, 0.1) is 12.2 Å². The zero-order valence-electron chi connectivity index (χ0n) is 12.2. The molecule has 0 amide bonds. The van der Waals surface area contributed by atoms with Crippen LogP contribution in [0.3, 0.4) is 0 Å². The van der Waals surface area contributed by atoms with Gasteiger partial charge in [0, 0.05) is 17.5 Å². The zero-order valence-corrected chi connectivity index (χ0v) is 13.0. The van der Waals surface area contributed by atoms with Crippen molar-refractivity contribution in [3.8, 4) is 0 Å². The lowest BCUT2D eigenvalue weighted by Crippen LogP contribution is -2.35. The van der Waals surface area contributed by atoms with Crippen molar-refractivity contribution in [2.45, 2.75) is 53.2 Å². The molecule has 2 heterocycles. The van der Waals surface area contributed by atoms with Gasteiger partial charge < -0.3 is 5.32 Å². The Hall–Kier alpha value is -1.27. The first-order chi connectivity index (χ1) is 8.83. The van der Waals surface area contributed by atoms with Gasteiger partial charge in [-0.25, -0.2) is 14.6 Å². The van der Waals surface area contributed by atoms with Crippen LogP contribution < -0.4 is 5.32 Å². The molecule has 1 N–H and O–H groups in total. The highest BCUT2D eigenvalue weighted by Gasteiger charge is 2.11. The van der Waals surface area contributed by atoms with Crippen LogP contribution in [0.25, 0.3) is 0 Å². The second kappa shape index (κ2) is 5.38. The third kappa shape index (κ3) is 4.11. The summed E-state index contributed by atoms with van der Waals surface area (Å²) >= 11 is 1.69. The molecule has 0 aromatic carbocycles. The Morgan fingerprint density at radius 3 is 2.58 bits per heavy atom. The lowest BCUT2D eigenvalue weighted by atomic mass is 10.1. The van der Waals surface area contributed by atoms with Crippen molar-refractivity contribution in [1.29, 1.82) is 0 Å². The number of aromatic nitrogens is 4. The summed E-state index contributed by atoms with van der Waals surface area (Å²) in [5.74, 6) is 1.74. The third-order valence-corrected chi connectivity index (χ3v) is 3.54. The van der Waals surface area contributed by atoms with Crippen LogP contribution in [0.15, 0.2) is 5.38 Å². The van der Waals surface area contributed by atoms with Crippen molar-refractivity contribution >= 4 is 11.3 Å². The second-order valence-corrected chi connectivity index (χ2v) is 6.64. The van der Waals surface area contributed by atoms with Crippen LogP contribution in [0.4, 0.5) is 0 Å². The third-order valence-electron chi connectivity index (χ3n) is 2.64. The van der Waals surface area contributed by atoms with Crippen LogP contribution in [0.5, 0.6) is 0 Å². The quantitative estimate of drug-likeness (QED) is 0.933. The van der Waals surface area contributed by atoms with Gasteiger partial charge in [0.2, 0.25) is 0 Å². The molecule has 0 aliphatic carbocycles. The molecule has 0 saturated heterocycles. The minimum absolute atomic E-state index is 0.117. The molecular weight excluding hydrogens is 258 g/mol. The molecule has 0 saturated carbocycles. The highest BCUT2D eigenvalue weighted by atomic mass is 32.1. The fourth-order valence-corrected chi connectivity index (χ4v) is 2.43. The monoisotopic (exact) mass is 279 g/mol. The van der Waals surface area contributed by atoms with Crippen LogP contribution in [0, 0.1) is 13.8 Å². The van der Waals surface area contributed by atoms with E-state index in [-0.39, 0.29) is 5.54 Å². The maximum absolute atomic E-state index is 4.63. The fourth-order valence-electron chi connectivity index (χ4n) is 1.71. The van der Waals surface area contributed by atoms with Gasteiger partial charge in [-0.3, -0.25) is 0 Å². The van der Waals surface area contributed by atoms with E-state index in [1.54, 1.807) is 11.3 Å². The molecule has 5 nitrogen and oxygen atoms in total. The molecule has 2 aromatic rings. The van der Waals surface area contributed by atoms with Crippen LogP contribution in [0.1, 0.15) is 43.1 Å². The predicted octanol–water partition coefficient (Wildman–Crippen LogP) is 2.29. The molecule has 0 atom stereocenters. The number of nitrogens with zero attached hydrogens (tertiary/aromatic N) is 4. The summed E-state index contributed by atoms with van der Waals surface area (Å²) in [5, 5.41) is 11.0. The Morgan fingerprint density at radius 2 is 2.00 bits per heavy atom. The van der Waals surface area contributed by atoms with E-state index in [1.165, 1.54) is 0 Å². The molecule has 104 valence electrons. The molecule has 2 rings (SSSR count). The largest absolute Gasteiger partial charge is 0.306 e. The first-order valence-corrected chi connectivity index (χ1v) is 7.28. The van der Waals surface area contributed by atoms with E-state index < -0.39 is 0 Å². The van der Waals surface area contributed by atoms with E-state index in [4.69, 9.17) is 0 Å². The average Bonchev–Trinajstić information content (AvgIpc) is 2.83. The predicted molar refractivity (Wildman–Crippen MR) is 77.3 cm³/mol. The van der Waals surface area contributed by atoms with Gasteiger partial charge in [0.15, 0.2) is 0 Å². The Balaban J connectivity index is 1.99. The lowest BCUT2D eigenvalue weighted by molar-refractivity contribution is 0.423. The van der Waals surface area contributed by atoms with Gasteiger partial charge in [-0.2, -0.15) is 5.10 Å². The van der Waals surface area contributed by atoms with E-state index in [1.807, 2.05) is 18.5 Å². The molecule has 2 aromatic heterocycles. The van der Waals surface area contributed by atoms with Crippen molar-refractivity contribution in [1.82, 2.24) is 25.1 Å². The number of rotatable bonds is 4. The Kier molecular flexibility index (Phi) is 4.01. The summed E-state index contributed by atoms with van der Waals surface area (Å²) in [6.07, 6.45) is 0. The normalized spacial score (nSPS) is 12.1. The SMILES string of the molecule is Cc1nc(C)n(Cc2csc(CNC(C)(C)C)n2)n1. The van der Waals surface area contributed by atoms with E-state index in [0.29, 0.717) is 6.54 Å². The average molecular weight is 279 g/mol. The summed E-state index contributed by atoms with van der Waals surface area (Å²) in [6.45, 7) is 11.8. The van der Waals surface area contributed by atoms with E-state index >= 15 is 0 Å². The summed E-state index contributed by atoms with van der Waals surface area (Å²) < 4.78 is 1.89. The van der Waals surface area contributed by atoms with Gasteiger partial charge >= 0.3 is 0 Å². The number of thiazole rings is 1. The highest BCUT2D eigenvalue weighted by Crippen LogP contribution is 2.12. The maximum Gasteiger partial charge on any atom is 0.147 e. The zero-order chi connectivity index (χ0) is 14.0. The molecule has 0 aliphatic heterocycles. The molecule has 0 bridgehead atoms. The van der Waals surface area contributed by atoms with Gasteiger partial charge in [0.1, 0.15) is 16.7 Å². The summed E-state index contributed by atoms with van der Waals surface area (Å²) in [7, 11) is 0. The maximum atomic E-state index is 4.63. The van der Waals surface area contributed by atoms with Crippen LogP contribution >= 0.6 is 11.3 Å². The smallest absolute Gasteiger partial charge is 0.147 e. The topological polar surface area (TPSA) is 55.6 Å². The number of nitrogens with one attached hydrogen (secondary N) is 1. The van der Waals surface area contributed by atoms with Crippen LogP contribution in [-0.4, -0.2) is 25.3 Å². The summed E-state index contributed by atoms with van der Waals surface area (Å²) in [4.78, 5) is 8.92. The van der Waals surface area contributed by atoms with Crippen LogP contribution in [0.2, 0.25) is 0 Å². The first-order valence-electron chi connectivity index (χ1n) is 6.40. The molecule has 0 unspecified atom stereocenters. The molecule has 0 aliphatic rings. The Labute approximate surface area is 118 Å². The number of hydrogen-bond acceptors (Lipinski definition) is 5. The number of hydrogen-bond donors (Lipinski definition) is 1. The second-order valence-electron chi connectivity index (χ2n) is 5.70. The van der Waals surface area contributed by atoms with Crippen LogP contribution in [-0.2, 0) is 13.1 Å². The minimum Gasteiger partial charge on any atom is -0.306 e. The van der Waals surface area contributed by atoms with Gasteiger partial charge in [-0.15, -0.1) is 11.3 Å². The van der Waals surface area contributed by atoms with Gasteiger partial charge in [-0.1, -0.05) is 0 Å². The highest BCUT2D eigenvalue weighted by molar-refractivity contribution is 7.09. The Bertz CT molecular complexity index is 550. The molecule has 6 heteroatoms. The fraction of sp³-hybridized carbons (Fsp3) is 0.615. The van der Waals surface area contributed by atoms with Crippen molar-refractivity contribution in [3.05, 3.63) is 27.7 Å². The molecule has 0 radical (unpaired) electrons. The summed E-state index contributed by atoms with van der Waals surface area (Å²) in [6, 6.07) is 0. The molecular formula is C13H21N5S. The standard InChI is InChI=1S/C13H21N5S/c1-9-15-10(2)18(17-9)7-11-8-19-12(16-11)6-14-13(3,4)5/h8,14H,6-7H2,1-5H3. The minimum atomic E-state index is 0.117. The van der Waals surface area contributed by atoms with Crippen molar-refractivity contribution in [2.75, 3.05) is 0 Å². The van der Waals surface area contributed by atoms with Crippen molar-refractivity contribution in [2.24, 2.45) is 0 Å². The number of aryl methyl sites for hydroxylation is 2. The molecule has 0 fully saturated rings. The molecule has 19 heavy (non-hydrogen) atoms. The Morgan fingerprint density at radius 1 is 1.26 bits per heavy atom. The van der Waals surface area contributed by atoms with E-state index in [2.05, 4.69) is 46.5 Å². The van der Waals surface area contributed by atoms with Gasteiger partial charge in [-0.05, 0) is 34.6 Å². The van der Waals surface area contributed by atoms with E-state index in [9.17, 15) is 0 Å². The van der Waals surface area contributed by atoms with Crippen molar-refractivity contribution in [3.63, 3.8) is 0 Å². The van der Waals surface area contributed by atoms with Gasteiger partial charge in [0.25, 0.3) is 0 Å². The summed E-state index contributed by atoms with van der Waals surface area (Å²) in [5.41, 5.74) is 1.16. The van der Waals surface area contributed by atoms with E-state index in [0.717, 1.165) is 28.9 Å². The lowest BCUT2D eigenvalue weighted by Gasteiger charge is -2.19. The first kappa shape index (κ1) is 14.1. The molecule has 0 spiro atoms.